The van der Waals surface area contributed by atoms with E-state index in [0.717, 1.165) is 17.5 Å². The molecule has 2 aromatic rings. The maximum atomic E-state index is 11.0. The van der Waals surface area contributed by atoms with Crippen LogP contribution in [0.5, 0.6) is 11.5 Å². The van der Waals surface area contributed by atoms with Crippen LogP contribution in [0.4, 0.5) is 0 Å². The molecule has 0 aliphatic carbocycles. The zero-order valence-corrected chi connectivity index (χ0v) is 19.4. The molecule has 4 nitrogen and oxygen atoms in total. The molecule has 0 saturated carbocycles. The van der Waals surface area contributed by atoms with Crippen molar-refractivity contribution in [3.8, 4) is 11.5 Å². The van der Waals surface area contributed by atoms with Crippen molar-refractivity contribution >= 4 is 0 Å². The van der Waals surface area contributed by atoms with Crippen molar-refractivity contribution in [2.45, 2.75) is 84.7 Å². The maximum Gasteiger partial charge on any atom is 0.123 e. The van der Waals surface area contributed by atoms with Crippen LogP contribution in [0.25, 0.3) is 0 Å². The number of phenols is 2. The minimum absolute atomic E-state index is 0.0792. The van der Waals surface area contributed by atoms with E-state index in [0.29, 0.717) is 11.5 Å². The van der Waals surface area contributed by atoms with Crippen molar-refractivity contribution in [2.75, 3.05) is 0 Å². The van der Waals surface area contributed by atoms with E-state index in [1.54, 1.807) is 38.4 Å². The van der Waals surface area contributed by atoms with Gasteiger partial charge in [0.1, 0.15) is 11.5 Å². The van der Waals surface area contributed by atoms with E-state index in [-0.39, 0.29) is 29.3 Å². The first-order valence-corrected chi connectivity index (χ1v) is 11.3. The van der Waals surface area contributed by atoms with Gasteiger partial charge in [0, 0.05) is 23.9 Å². The Balaban J connectivity index is 2.44. The summed E-state index contributed by atoms with van der Waals surface area (Å²) in [5, 5.41) is 32.7. The van der Waals surface area contributed by atoms with Gasteiger partial charge in [0.15, 0.2) is 0 Å². The molecular weight excluding hydrogens is 374 g/mol. The summed E-state index contributed by atoms with van der Waals surface area (Å²) >= 11 is 0. The second-order valence-electron chi connectivity index (χ2n) is 9.44. The van der Waals surface area contributed by atoms with E-state index in [4.69, 9.17) is 0 Å². The van der Waals surface area contributed by atoms with Crippen molar-refractivity contribution in [1.29, 1.82) is 0 Å². The first-order chi connectivity index (χ1) is 14.1. The molecule has 2 unspecified atom stereocenters. The minimum Gasteiger partial charge on any atom is -0.507 e. The molecule has 1 aromatic carbocycles. The van der Waals surface area contributed by atoms with Gasteiger partial charge in [-0.15, -0.1) is 0 Å². The summed E-state index contributed by atoms with van der Waals surface area (Å²) in [6.07, 6.45) is 8.16. The normalized spacial score (nSPS) is 16.1. The number of hydrogen-bond donors (Lipinski definition) is 3. The number of aromatic nitrogens is 1. The van der Waals surface area contributed by atoms with Gasteiger partial charge in [0.25, 0.3) is 0 Å². The largest absolute Gasteiger partial charge is 0.507 e. The van der Waals surface area contributed by atoms with Gasteiger partial charge in [-0.05, 0) is 67.0 Å². The van der Waals surface area contributed by atoms with Crippen molar-refractivity contribution in [3.05, 3.63) is 53.3 Å². The molecule has 0 fully saturated rings. The fourth-order valence-electron chi connectivity index (χ4n) is 4.20. The number of rotatable bonds is 10. The van der Waals surface area contributed by atoms with Crippen LogP contribution in [0.3, 0.4) is 0 Å². The topological polar surface area (TPSA) is 73.6 Å². The van der Waals surface area contributed by atoms with Gasteiger partial charge in [0.2, 0.25) is 0 Å². The number of pyridine rings is 1. The lowest BCUT2D eigenvalue weighted by Gasteiger charge is -2.35. The second-order valence-corrected chi connectivity index (χ2v) is 9.44. The SMILES string of the molecule is CCCCCC(C)C(C)c1cc(O)c([C@H](c2ccncc2)[C@H](C)C(C)(C)O)c(O)c1. The average Bonchev–Trinajstić information content (AvgIpc) is 2.69. The molecule has 30 heavy (non-hydrogen) atoms. The fourth-order valence-corrected chi connectivity index (χ4v) is 4.20. The molecule has 0 radical (unpaired) electrons. The second kappa shape index (κ2) is 10.3. The Labute approximate surface area is 182 Å². The molecule has 0 amide bonds. The van der Waals surface area contributed by atoms with Crippen LogP contribution in [0, 0.1) is 11.8 Å². The van der Waals surface area contributed by atoms with E-state index < -0.39 is 5.60 Å². The molecule has 1 aromatic heterocycles. The van der Waals surface area contributed by atoms with Gasteiger partial charge in [0.05, 0.1) is 5.60 Å². The molecule has 3 N–H and O–H groups in total. The monoisotopic (exact) mass is 413 g/mol. The van der Waals surface area contributed by atoms with Crippen LogP contribution in [0.1, 0.15) is 95.8 Å². The minimum atomic E-state index is -0.993. The molecule has 0 saturated heterocycles. The van der Waals surface area contributed by atoms with Gasteiger partial charge < -0.3 is 15.3 Å². The summed E-state index contributed by atoms with van der Waals surface area (Å²) in [7, 11) is 0. The van der Waals surface area contributed by atoms with Crippen molar-refractivity contribution in [1.82, 2.24) is 4.98 Å². The zero-order valence-electron chi connectivity index (χ0n) is 19.4. The summed E-state index contributed by atoms with van der Waals surface area (Å²) < 4.78 is 0. The third kappa shape index (κ3) is 5.75. The van der Waals surface area contributed by atoms with Crippen LogP contribution in [0.15, 0.2) is 36.7 Å². The van der Waals surface area contributed by atoms with Crippen LogP contribution in [-0.4, -0.2) is 25.9 Å². The predicted molar refractivity (Wildman–Crippen MR) is 123 cm³/mol. The van der Waals surface area contributed by atoms with Crippen LogP contribution in [-0.2, 0) is 0 Å². The number of benzene rings is 1. The highest BCUT2D eigenvalue weighted by molar-refractivity contribution is 5.53. The third-order valence-corrected chi connectivity index (χ3v) is 6.79. The Morgan fingerprint density at radius 3 is 2.00 bits per heavy atom. The molecular formula is C26H39NO3. The summed E-state index contributed by atoms with van der Waals surface area (Å²) in [6.45, 7) is 12.1. The van der Waals surface area contributed by atoms with Gasteiger partial charge >= 0.3 is 0 Å². The van der Waals surface area contributed by atoms with E-state index in [1.165, 1.54) is 19.3 Å². The Morgan fingerprint density at radius 2 is 1.50 bits per heavy atom. The molecule has 4 heteroatoms. The summed E-state index contributed by atoms with van der Waals surface area (Å²) in [6, 6.07) is 7.33. The van der Waals surface area contributed by atoms with E-state index >= 15 is 0 Å². The Kier molecular flexibility index (Phi) is 8.31. The predicted octanol–water partition coefficient (Wildman–Crippen LogP) is 6.35. The number of nitrogens with zero attached hydrogens (tertiary/aromatic N) is 1. The number of aromatic hydroxyl groups is 2. The van der Waals surface area contributed by atoms with Crippen LogP contribution < -0.4 is 0 Å². The number of phenolic OH excluding ortho intramolecular Hbond substituents is 2. The summed E-state index contributed by atoms with van der Waals surface area (Å²) in [5.74, 6) is 0.254. The van der Waals surface area contributed by atoms with Crippen molar-refractivity contribution in [3.63, 3.8) is 0 Å². The number of aliphatic hydroxyl groups is 1. The van der Waals surface area contributed by atoms with Crippen LogP contribution >= 0.6 is 0 Å². The number of unbranched alkanes of at least 4 members (excludes halogenated alkanes) is 2. The van der Waals surface area contributed by atoms with Gasteiger partial charge in [-0.2, -0.15) is 0 Å². The highest BCUT2D eigenvalue weighted by Gasteiger charge is 2.35. The van der Waals surface area contributed by atoms with Crippen molar-refractivity contribution in [2.24, 2.45) is 11.8 Å². The molecule has 0 bridgehead atoms. The molecule has 0 aliphatic rings. The Bertz CT molecular complexity index is 775. The number of hydrogen-bond acceptors (Lipinski definition) is 4. The Hall–Kier alpha value is -2.07. The standard InChI is InChI=1S/C26H39NO3/c1-7-8-9-10-17(2)18(3)21-15-22(28)25(23(29)16-21)24(19(4)26(5,6)30)20-11-13-27-14-12-20/h11-19,24,28-30H,7-10H2,1-6H3/t17?,18?,19-,24-/m0/s1. The highest BCUT2D eigenvalue weighted by Crippen LogP contribution is 2.46. The van der Waals surface area contributed by atoms with Gasteiger partial charge in [-0.25, -0.2) is 0 Å². The van der Waals surface area contributed by atoms with E-state index in [1.807, 2.05) is 19.1 Å². The van der Waals surface area contributed by atoms with E-state index in [9.17, 15) is 15.3 Å². The zero-order chi connectivity index (χ0) is 22.5. The third-order valence-electron chi connectivity index (χ3n) is 6.79. The van der Waals surface area contributed by atoms with Crippen LogP contribution in [0.2, 0.25) is 0 Å². The summed E-state index contributed by atoms with van der Waals surface area (Å²) in [4.78, 5) is 4.09. The first-order valence-electron chi connectivity index (χ1n) is 11.3. The maximum absolute atomic E-state index is 11.0. The smallest absolute Gasteiger partial charge is 0.123 e. The van der Waals surface area contributed by atoms with Crippen molar-refractivity contribution < 1.29 is 15.3 Å². The lowest BCUT2D eigenvalue weighted by atomic mass is 9.73. The molecule has 0 spiro atoms. The highest BCUT2D eigenvalue weighted by atomic mass is 16.3. The molecule has 0 aliphatic heterocycles. The fraction of sp³-hybridized carbons (Fsp3) is 0.577. The lowest BCUT2D eigenvalue weighted by molar-refractivity contribution is 0.0176. The van der Waals surface area contributed by atoms with Gasteiger partial charge in [-0.3, -0.25) is 4.98 Å². The molecule has 4 atom stereocenters. The Morgan fingerprint density at radius 1 is 0.933 bits per heavy atom. The summed E-state index contributed by atoms with van der Waals surface area (Å²) in [5.41, 5.74) is 1.32. The first kappa shape index (κ1) is 24.2. The average molecular weight is 414 g/mol. The molecule has 1 heterocycles. The quantitative estimate of drug-likeness (QED) is 0.397. The molecule has 166 valence electrons. The lowest BCUT2D eigenvalue weighted by Crippen LogP contribution is -2.33. The van der Waals surface area contributed by atoms with E-state index in [2.05, 4.69) is 25.8 Å². The van der Waals surface area contributed by atoms with Gasteiger partial charge in [-0.1, -0.05) is 53.4 Å². The molecule has 2 rings (SSSR count).